The molecular formula is C19H15Cl2N5. The van der Waals surface area contributed by atoms with Crippen LogP contribution in [0.3, 0.4) is 0 Å². The van der Waals surface area contributed by atoms with Crippen LogP contribution in [0.15, 0.2) is 41.1 Å². The Morgan fingerprint density at radius 1 is 1.19 bits per heavy atom. The lowest BCUT2D eigenvalue weighted by Crippen LogP contribution is -2.47. The van der Waals surface area contributed by atoms with Crippen molar-refractivity contribution < 1.29 is 0 Å². The van der Waals surface area contributed by atoms with Gasteiger partial charge in [-0.25, -0.2) is 0 Å². The number of nitriles is 3. The van der Waals surface area contributed by atoms with Crippen LogP contribution in [0, 0.1) is 45.3 Å². The van der Waals surface area contributed by atoms with E-state index in [1.165, 1.54) is 0 Å². The van der Waals surface area contributed by atoms with Gasteiger partial charge in [0.1, 0.15) is 6.07 Å². The smallest absolute Gasteiger partial charge is 0.191 e. The van der Waals surface area contributed by atoms with Gasteiger partial charge in [0, 0.05) is 24.9 Å². The summed E-state index contributed by atoms with van der Waals surface area (Å²) >= 11 is 12.2. The van der Waals surface area contributed by atoms with Crippen LogP contribution in [0.25, 0.3) is 0 Å². The number of hydrogen-bond acceptors (Lipinski definition) is 5. The maximum absolute atomic E-state index is 9.95. The quantitative estimate of drug-likeness (QED) is 0.800. The first-order chi connectivity index (χ1) is 12.4. The highest BCUT2D eigenvalue weighted by atomic mass is 35.5. The predicted octanol–water partition coefficient (Wildman–Crippen LogP) is 3.35. The number of nitrogens with zero attached hydrogens (tertiary/aromatic N) is 4. The summed E-state index contributed by atoms with van der Waals surface area (Å²) in [5, 5.41) is 30.3. The van der Waals surface area contributed by atoms with Crippen molar-refractivity contribution in [1.29, 1.82) is 15.8 Å². The second kappa shape index (κ2) is 6.67. The second-order valence-corrected chi connectivity index (χ2v) is 7.38. The summed E-state index contributed by atoms with van der Waals surface area (Å²) in [6, 6.07) is 11.4. The van der Waals surface area contributed by atoms with Gasteiger partial charge in [0.15, 0.2) is 5.41 Å². The highest BCUT2D eigenvalue weighted by Crippen LogP contribution is 2.54. The molecule has 2 aliphatic rings. The molecule has 0 spiro atoms. The van der Waals surface area contributed by atoms with E-state index >= 15 is 0 Å². The lowest BCUT2D eigenvalue weighted by Gasteiger charge is -2.45. The van der Waals surface area contributed by atoms with Crippen molar-refractivity contribution in [2.24, 2.45) is 17.1 Å². The molecule has 3 rings (SSSR count). The maximum atomic E-state index is 9.95. The fourth-order valence-corrected chi connectivity index (χ4v) is 4.21. The van der Waals surface area contributed by atoms with Crippen LogP contribution in [-0.4, -0.2) is 25.0 Å². The molecule has 130 valence electrons. The summed E-state index contributed by atoms with van der Waals surface area (Å²) < 4.78 is 0. The van der Waals surface area contributed by atoms with Gasteiger partial charge in [-0.1, -0.05) is 35.3 Å². The second-order valence-electron chi connectivity index (χ2n) is 6.57. The molecule has 0 unspecified atom stereocenters. The Kier molecular flexibility index (Phi) is 4.70. The number of nitrogens with two attached hydrogens (primary N) is 1. The molecule has 1 aliphatic carbocycles. The van der Waals surface area contributed by atoms with Crippen LogP contribution in [0.2, 0.25) is 10.0 Å². The third-order valence-electron chi connectivity index (χ3n) is 5.15. The molecule has 0 aromatic heterocycles. The zero-order valence-electron chi connectivity index (χ0n) is 14.0. The number of likely N-dealkylation sites (N-methyl/N-ethyl adjacent to an activating group) is 1. The molecule has 0 bridgehead atoms. The molecule has 0 saturated carbocycles. The SMILES string of the molecule is CN1CC=C2C(C#N)=C(N)C(C#N)(C#N)[C@@H](c3ccc(Cl)c(Cl)c3)[C@H]2C1. The van der Waals surface area contributed by atoms with Crippen LogP contribution in [-0.2, 0) is 0 Å². The highest BCUT2D eigenvalue weighted by molar-refractivity contribution is 6.42. The van der Waals surface area contributed by atoms with Crippen LogP contribution in [0.4, 0.5) is 0 Å². The topological polar surface area (TPSA) is 101 Å². The molecule has 2 N–H and O–H groups in total. The van der Waals surface area contributed by atoms with Crippen molar-refractivity contribution >= 4 is 23.2 Å². The maximum Gasteiger partial charge on any atom is 0.191 e. The van der Waals surface area contributed by atoms with Gasteiger partial charge < -0.3 is 10.6 Å². The number of rotatable bonds is 1. The van der Waals surface area contributed by atoms with E-state index in [0.717, 1.165) is 5.57 Å². The third-order valence-corrected chi connectivity index (χ3v) is 5.89. The third kappa shape index (κ3) is 2.56. The zero-order chi connectivity index (χ0) is 19.1. The van der Waals surface area contributed by atoms with E-state index in [4.69, 9.17) is 28.9 Å². The minimum Gasteiger partial charge on any atom is -0.399 e. The van der Waals surface area contributed by atoms with Crippen molar-refractivity contribution in [2.45, 2.75) is 5.92 Å². The van der Waals surface area contributed by atoms with Crippen molar-refractivity contribution in [1.82, 2.24) is 4.90 Å². The van der Waals surface area contributed by atoms with Gasteiger partial charge in [0.05, 0.1) is 33.5 Å². The Hall–Kier alpha value is -2.49. The predicted molar refractivity (Wildman–Crippen MR) is 98.8 cm³/mol. The van der Waals surface area contributed by atoms with E-state index in [1.54, 1.807) is 18.2 Å². The standard InChI is InChI=1S/C19H15Cl2N5/c1-26-5-4-12-13(7-22)18(25)19(9-23,10-24)17(14(12)8-26)11-2-3-15(20)16(21)6-11/h2-4,6,14,17H,5,8,25H2,1H3/t14-,17-/m0/s1. The first kappa shape index (κ1) is 18.3. The van der Waals surface area contributed by atoms with Crippen molar-refractivity contribution in [3.63, 3.8) is 0 Å². The molecular weight excluding hydrogens is 369 g/mol. The first-order valence-corrected chi connectivity index (χ1v) is 8.72. The molecule has 1 aliphatic heterocycles. The highest BCUT2D eigenvalue weighted by Gasteiger charge is 2.54. The van der Waals surface area contributed by atoms with Crippen LogP contribution in [0.1, 0.15) is 11.5 Å². The lowest BCUT2D eigenvalue weighted by atomic mass is 9.58. The monoisotopic (exact) mass is 383 g/mol. The Labute approximate surface area is 162 Å². The van der Waals surface area contributed by atoms with Gasteiger partial charge in [-0.2, -0.15) is 15.8 Å². The minimum absolute atomic E-state index is 0.00752. The van der Waals surface area contributed by atoms with Crippen molar-refractivity contribution in [3.05, 3.63) is 56.7 Å². The molecule has 0 saturated heterocycles. The molecule has 0 radical (unpaired) electrons. The molecule has 0 amide bonds. The molecule has 1 aromatic carbocycles. The van der Waals surface area contributed by atoms with Gasteiger partial charge in [0.25, 0.3) is 0 Å². The summed E-state index contributed by atoms with van der Waals surface area (Å²) in [4.78, 5) is 2.08. The summed E-state index contributed by atoms with van der Waals surface area (Å²) in [5.74, 6) is -0.786. The van der Waals surface area contributed by atoms with E-state index in [2.05, 4.69) is 23.1 Å². The number of halogens is 2. The Bertz CT molecular complexity index is 944. The Balaban J connectivity index is 2.34. The summed E-state index contributed by atoms with van der Waals surface area (Å²) in [6.07, 6.45) is 1.95. The number of hydrogen-bond donors (Lipinski definition) is 1. The molecule has 1 aromatic rings. The number of benzene rings is 1. The van der Waals surface area contributed by atoms with Crippen molar-refractivity contribution in [2.75, 3.05) is 20.1 Å². The van der Waals surface area contributed by atoms with Gasteiger partial charge in [-0.3, -0.25) is 0 Å². The van der Waals surface area contributed by atoms with E-state index < -0.39 is 11.3 Å². The summed E-state index contributed by atoms with van der Waals surface area (Å²) in [6.45, 7) is 1.27. The van der Waals surface area contributed by atoms with E-state index in [1.807, 2.05) is 13.1 Å². The summed E-state index contributed by atoms with van der Waals surface area (Å²) in [5.41, 5.74) is 6.32. The fraction of sp³-hybridized carbons (Fsp3) is 0.316. The summed E-state index contributed by atoms with van der Waals surface area (Å²) in [7, 11) is 1.95. The largest absolute Gasteiger partial charge is 0.399 e. The van der Waals surface area contributed by atoms with E-state index in [0.29, 0.717) is 28.7 Å². The average Bonchev–Trinajstić information content (AvgIpc) is 2.63. The zero-order valence-corrected chi connectivity index (χ0v) is 15.5. The minimum atomic E-state index is -1.65. The molecule has 5 nitrogen and oxygen atoms in total. The van der Waals surface area contributed by atoms with Crippen molar-refractivity contribution in [3.8, 4) is 18.2 Å². The molecule has 7 heteroatoms. The van der Waals surface area contributed by atoms with Gasteiger partial charge in [-0.15, -0.1) is 0 Å². The van der Waals surface area contributed by atoms with Gasteiger partial charge >= 0.3 is 0 Å². The van der Waals surface area contributed by atoms with Gasteiger partial charge in [-0.05, 0) is 30.3 Å². The molecule has 26 heavy (non-hydrogen) atoms. The van der Waals surface area contributed by atoms with E-state index in [-0.39, 0.29) is 17.2 Å². The first-order valence-electron chi connectivity index (χ1n) is 7.96. The Morgan fingerprint density at radius 2 is 1.88 bits per heavy atom. The lowest BCUT2D eigenvalue weighted by molar-refractivity contribution is 0.237. The van der Waals surface area contributed by atoms with Crippen LogP contribution in [0.5, 0.6) is 0 Å². The number of allylic oxidation sites excluding steroid dienone is 2. The van der Waals surface area contributed by atoms with Gasteiger partial charge in [0.2, 0.25) is 0 Å². The average molecular weight is 384 g/mol. The molecule has 2 atom stereocenters. The normalized spacial score (nSPS) is 24.7. The van der Waals surface area contributed by atoms with E-state index in [9.17, 15) is 15.8 Å². The number of fused-ring (bicyclic) bond motifs is 1. The molecule has 0 fully saturated rings. The molecule has 1 heterocycles. The Morgan fingerprint density at radius 3 is 2.46 bits per heavy atom. The fourth-order valence-electron chi connectivity index (χ4n) is 3.91. The van der Waals surface area contributed by atoms with Crippen LogP contribution < -0.4 is 5.73 Å². The van der Waals surface area contributed by atoms with Crippen LogP contribution >= 0.6 is 23.2 Å².